The van der Waals surface area contributed by atoms with Crippen LogP contribution in [0.15, 0.2) is 97.2 Å². The second-order valence-electron chi connectivity index (χ2n) is 18.2. The topological polar surface area (TPSA) is 78.9 Å². The highest BCUT2D eigenvalue weighted by atomic mass is 16.6. The standard InChI is InChI=1S/C61H102O6/c1-4-7-10-13-16-19-22-25-27-29-30-32-33-36-39-42-45-48-51-54-60(63)66-57-58(56-65-59(62)53-50-47-44-41-38-35-24-21-18-15-12-9-6-3)67-61(64)55-52-49-46-43-40-37-34-31-28-26-23-20-17-14-11-8-5-2/h9,12,15-22,24-26,28,35,38,58H,4-8,10-11,13-14,23,27,29-34,36-37,39-57H2,1-3H3/b12-9+,18-15+,19-16+,20-17+,24-21+,25-22+,28-26+,38-35+. The average Bonchev–Trinajstić information content (AvgIpc) is 3.33. The molecule has 0 aromatic rings. The Balaban J connectivity index is 4.43. The van der Waals surface area contributed by atoms with Crippen molar-refractivity contribution in [2.75, 3.05) is 13.2 Å². The lowest BCUT2D eigenvalue weighted by Crippen LogP contribution is -2.30. The third-order valence-electron chi connectivity index (χ3n) is 11.7. The van der Waals surface area contributed by atoms with Crippen LogP contribution in [0.25, 0.3) is 0 Å². The summed E-state index contributed by atoms with van der Waals surface area (Å²) in [5.41, 5.74) is 0. The van der Waals surface area contributed by atoms with Gasteiger partial charge in [-0.15, -0.1) is 0 Å². The van der Waals surface area contributed by atoms with Gasteiger partial charge >= 0.3 is 17.9 Å². The predicted octanol–water partition coefficient (Wildman–Crippen LogP) is 18.5. The summed E-state index contributed by atoms with van der Waals surface area (Å²) in [6.45, 7) is 6.41. The molecule has 0 saturated carbocycles. The van der Waals surface area contributed by atoms with Crippen molar-refractivity contribution in [1.29, 1.82) is 0 Å². The molecule has 0 aromatic heterocycles. The SMILES string of the molecule is CC/C=C/C=C/C=C/C=C/CCCCCC(=O)OCC(COC(=O)CCCCCCCCCCCC/C=C/C=C/CCCCC)OC(=O)CCCCCCCCC/C=C/C/C=C/CCCCC. The Kier molecular flexibility index (Phi) is 51.9. The summed E-state index contributed by atoms with van der Waals surface area (Å²) in [5.74, 6) is -0.947. The first kappa shape index (κ1) is 63.3. The number of hydrogen-bond donors (Lipinski definition) is 0. The zero-order chi connectivity index (χ0) is 48.6. The Bertz CT molecular complexity index is 1350. The Hall–Kier alpha value is -3.67. The molecule has 1 unspecified atom stereocenters. The average molecular weight is 931 g/mol. The molecule has 0 fully saturated rings. The van der Waals surface area contributed by atoms with Crippen molar-refractivity contribution in [1.82, 2.24) is 0 Å². The van der Waals surface area contributed by atoms with Gasteiger partial charge in [-0.05, 0) is 96.3 Å². The summed E-state index contributed by atoms with van der Waals surface area (Å²) >= 11 is 0. The summed E-state index contributed by atoms with van der Waals surface area (Å²) in [6, 6.07) is 0. The summed E-state index contributed by atoms with van der Waals surface area (Å²) in [6.07, 6.45) is 72.5. The lowest BCUT2D eigenvalue weighted by atomic mass is 10.1. The van der Waals surface area contributed by atoms with E-state index in [1.54, 1.807) is 0 Å². The molecule has 0 amide bonds. The molecule has 0 bridgehead atoms. The molecule has 0 radical (unpaired) electrons. The van der Waals surface area contributed by atoms with Crippen LogP contribution in [0.2, 0.25) is 0 Å². The molecule has 6 heteroatoms. The highest BCUT2D eigenvalue weighted by molar-refractivity contribution is 5.71. The van der Waals surface area contributed by atoms with Crippen molar-refractivity contribution < 1.29 is 28.6 Å². The molecule has 0 aromatic carbocycles. The van der Waals surface area contributed by atoms with Gasteiger partial charge in [0.25, 0.3) is 0 Å². The first-order valence-corrected chi connectivity index (χ1v) is 27.8. The van der Waals surface area contributed by atoms with Crippen LogP contribution in [0.1, 0.15) is 252 Å². The summed E-state index contributed by atoms with van der Waals surface area (Å²) in [7, 11) is 0. The number of hydrogen-bond acceptors (Lipinski definition) is 6. The molecule has 0 rings (SSSR count). The van der Waals surface area contributed by atoms with Crippen molar-refractivity contribution in [3.8, 4) is 0 Å². The molecule has 0 aliphatic carbocycles. The molecule has 0 N–H and O–H groups in total. The number of carbonyl (C=O) groups is 3. The minimum atomic E-state index is -0.800. The molecular weight excluding hydrogens is 829 g/mol. The van der Waals surface area contributed by atoms with E-state index in [-0.39, 0.29) is 31.1 Å². The minimum absolute atomic E-state index is 0.0960. The number of esters is 3. The van der Waals surface area contributed by atoms with E-state index in [1.807, 2.05) is 36.5 Å². The predicted molar refractivity (Wildman–Crippen MR) is 288 cm³/mol. The van der Waals surface area contributed by atoms with Gasteiger partial charge in [-0.3, -0.25) is 14.4 Å². The highest BCUT2D eigenvalue weighted by Crippen LogP contribution is 2.15. The third-order valence-corrected chi connectivity index (χ3v) is 11.7. The van der Waals surface area contributed by atoms with Gasteiger partial charge in [0.05, 0.1) is 0 Å². The van der Waals surface area contributed by atoms with Gasteiger partial charge in [0.2, 0.25) is 0 Å². The van der Waals surface area contributed by atoms with Gasteiger partial charge in [-0.1, -0.05) is 234 Å². The van der Waals surface area contributed by atoms with Crippen LogP contribution in [0, 0.1) is 0 Å². The molecule has 6 nitrogen and oxygen atoms in total. The zero-order valence-corrected chi connectivity index (χ0v) is 43.6. The molecule has 67 heavy (non-hydrogen) atoms. The number of allylic oxidation sites excluding steroid dienone is 16. The Morgan fingerprint density at radius 2 is 0.642 bits per heavy atom. The van der Waals surface area contributed by atoms with E-state index in [1.165, 1.54) is 128 Å². The van der Waals surface area contributed by atoms with Crippen molar-refractivity contribution in [3.63, 3.8) is 0 Å². The number of carbonyl (C=O) groups excluding carboxylic acids is 3. The Labute approximate surface area is 413 Å². The highest BCUT2D eigenvalue weighted by Gasteiger charge is 2.19. The maximum absolute atomic E-state index is 12.8. The third kappa shape index (κ3) is 53.2. The van der Waals surface area contributed by atoms with Crippen molar-refractivity contribution in [3.05, 3.63) is 97.2 Å². The van der Waals surface area contributed by atoms with Crippen molar-refractivity contribution in [2.45, 2.75) is 258 Å². The number of unbranched alkanes of at least 4 members (excludes halogenated alkanes) is 26. The van der Waals surface area contributed by atoms with Crippen LogP contribution in [0.5, 0.6) is 0 Å². The van der Waals surface area contributed by atoms with Crippen molar-refractivity contribution >= 4 is 17.9 Å². The molecule has 0 aliphatic rings. The van der Waals surface area contributed by atoms with Gasteiger partial charge in [0.15, 0.2) is 6.10 Å². The summed E-state index contributed by atoms with van der Waals surface area (Å²) in [4.78, 5) is 38.1. The van der Waals surface area contributed by atoms with Crippen LogP contribution < -0.4 is 0 Å². The summed E-state index contributed by atoms with van der Waals surface area (Å²) in [5, 5.41) is 0. The van der Waals surface area contributed by atoms with Gasteiger partial charge < -0.3 is 14.2 Å². The fraction of sp³-hybridized carbons (Fsp3) is 0.689. The Morgan fingerprint density at radius 1 is 0.328 bits per heavy atom. The first-order valence-electron chi connectivity index (χ1n) is 27.8. The molecule has 0 aliphatic heterocycles. The molecule has 0 heterocycles. The van der Waals surface area contributed by atoms with Crippen LogP contribution >= 0.6 is 0 Å². The lowest BCUT2D eigenvalue weighted by molar-refractivity contribution is -0.167. The van der Waals surface area contributed by atoms with Crippen molar-refractivity contribution in [2.24, 2.45) is 0 Å². The minimum Gasteiger partial charge on any atom is -0.462 e. The fourth-order valence-electron chi connectivity index (χ4n) is 7.47. The van der Waals surface area contributed by atoms with E-state index in [4.69, 9.17) is 14.2 Å². The molecule has 1 atom stereocenters. The van der Waals surface area contributed by atoms with Crippen LogP contribution in [-0.4, -0.2) is 37.2 Å². The smallest absolute Gasteiger partial charge is 0.306 e. The quantitative estimate of drug-likeness (QED) is 0.0199. The maximum atomic E-state index is 12.8. The fourth-order valence-corrected chi connectivity index (χ4v) is 7.47. The normalized spacial score (nSPS) is 12.8. The van der Waals surface area contributed by atoms with E-state index in [0.29, 0.717) is 19.3 Å². The second kappa shape index (κ2) is 54.9. The molecule has 0 saturated heterocycles. The largest absolute Gasteiger partial charge is 0.462 e. The monoisotopic (exact) mass is 931 g/mol. The van der Waals surface area contributed by atoms with Gasteiger partial charge in [0.1, 0.15) is 13.2 Å². The van der Waals surface area contributed by atoms with Crippen LogP contribution in [0.3, 0.4) is 0 Å². The van der Waals surface area contributed by atoms with Gasteiger partial charge in [-0.2, -0.15) is 0 Å². The summed E-state index contributed by atoms with van der Waals surface area (Å²) < 4.78 is 16.8. The van der Waals surface area contributed by atoms with Crippen LogP contribution in [-0.2, 0) is 28.6 Å². The van der Waals surface area contributed by atoms with E-state index in [0.717, 1.165) is 83.5 Å². The molecular formula is C61H102O6. The molecule has 382 valence electrons. The first-order chi connectivity index (χ1) is 33.0. The number of rotatable bonds is 49. The van der Waals surface area contributed by atoms with E-state index in [2.05, 4.69) is 81.5 Å². The zero-order valence-electron chi connectivity index (χ0n) is 43.6. The second-order valence-corrected chi connectivity index (χ2v) is 18.2. The van der Waals surface area contributed by atoms with E-state index in [9.17, 15) is 14.4 Å². The Morgan fingerprint density at radius 3 is 1.06 bits per heavy atom. The van der Waals surface area contributed by atoms with Crippen LogP contribution in [0.4, 0.5) is 0 Å². The number of ether oxygens (including phenoxy) is 3. The van der Waals surface area contributed by atoms with Gasteiger partial charge in [-0.25, -0.2) is 0 Å². The molecule has 0 spiro atoms. The van der Waals surface area contributed by atoms with E-state index >= 15 is 0 Å². The lowest BCUT2D eigenvalue weighted by Gasteiger charge is -2.18. The van der Waals surface area contributed by atoms with E-state index < -0.39 is 6.10 Å². The van der Waals surface area contributed by atoms with Gasteiger partial charge in [0, 0.05) is 19.3 Å². The maximum Gasteiger partial charge on any atom is 0.306 e.